The molecule has 11 rings (SSSR count). The van der Waals surface area contributed by atoms with Crippen LogP contribution < -0.4 is 4.90 Å². The lowest BCUT2D eigenvalue weighted by Gasteiger charge is -2.34. The van der Waals surface area contributed by atoms with Crippen molar-refractivity contribution in [2.45, 2.75) is 43.9 Å². The van der Waals surface area contributed by atoms with Crippen molar-refractivity contribution in [1.82, 2.24) is 0 Å². The van der Waals surface area contributed by atoms with Crippen molar-refractivity contribution in [3.05, 3.63) is 221 Å². The standard InChI is InChI=1S/C55H43NO/c1-55(2)49-20-10-8-17-45(49)46-34-32-42(35-50(46)55)56(51-21-12-19-48-47-18-9-11-22-52(47)57-54(48)51)41-30-27-39(28-31-41)44-33-29-38-15-6-7-16-43(38)53(44)40-25-23-37(24-26-40)36-13-4-3-5-14-36/h3-23,25,27-35,44,53H,24,26H2,1-2H3. The predicted octanol–water partition coefficient (Wildman–Crippen LogP) is 15.1. The summed E-state index contributed by atoms with van der Waals surface area (Å²) in [6, 6.07) is 60.0. The monoisotopic (exact) mass is 733 g/mol. The van der Waals surface area contributed by atoms with Gasteiger partial charge in [0.2, 0.25) is 0 Å². The van der Waals surface area contributed by atoms with Crippen molar-refractivity contribution in [2.24, 2.45) is 0 Å². The fraction of sp³-hybridized carbons (Fsp3) is 0.127. The first-order valence-corrected chi connectivity index (χ1v) is 20.3. The molecule has 1 heterocycles. The minimum absolute atomic E-state index is 0.119. The van der Waals surface area contributed by atoms with Crippen LogP contribution in [0.15, 0.2) is 192 Å². The summed E-state index contributed by atoms with van der Waals surface area (Å²) in [4.78, 5) is 2.40. The Morgan fingerprint density at radius 1 is 0.596 bits per heavy atom. The average molecular weight is 734 g/mol. The van der Waals surface area contributed by atoms with Crippen LogP contribution in [0, 0.1) is 0 Å². The Bertz CT molecular complexity index is 2940. The lowest BCUT2D eigenvalue weighted by Crippen LogP contribution is -2.18. The van der Waals surface area contributed by atoms with Crippen LogP contribution in [0.1, 0.15) is 71.9 Å². The second-order valence-electron chi connectivity index (χ2n) is 16.4. The molecule has 3 aliphatic rings. The topological polar surface area (TPSA) is 16.4 Å². The minimum atomic E-state index is -0.119. The molecule has 274 valence electrons. The summed E-state index contributed by atoms with van der Waals surface area (Å²) < 4.78 is 6.70. The predicted molar refractivity (Wildman–Crippen MR) is 239 cm³/mol. The van der Waals surface area contributed by atoms with Crippen molar-refractivity contribution in [1.29, 1.82) is 0 Å². The van der Waals surface area contributed by atoms with Crippen LogP contribution in [0.25, 0.3) is 44.7 Å². The normalized spacial score (nSPS) is 17.8. The molecule has 0 aliphatic heterocycles. The molecule has 0 amide bonds. The van der Waals surface area contributed by atoms with Crippen molar-refractivity contribution in [2.75, 3.05) is 4.90 Å². The fourth-order valence-electron chi connectivity index (χ4n) is 10.0. The van der Waals surface area contributed by atoms with E-state index in [1.54, 1.807) is 0 Å². The van der Waals surface area contributed by atoms with Gasteiger partial charge < -0.3 is 9.32 Å². The van der Waals surface area contributed by atoms with Gasteiger partial charge in [0.1, 0.15) is 5.58 Å². The maximum atomic E-state index is 6.70. The molecule has 0 N–H and O–H groups in total. The molecule has 57 heavy (non-hydrogen) atoms. The quantitative estimate of drug-likeness (QED) is 0.169. The number of furan rings is 1. The van der Waals surface area contributed by atoms with Crippen LogP contribution in [0.2, 0.25) is 0 Å². The van der Waals surface area contributed by atoms with Crippen LogP contribution in [-0.4, -0.2) is 0 Å². The SMILES string of the molecule is CC1(C)c2ccccc2-c2ccc(N(c3ccc(C4C=Cc5ccccc5C4C4=CC=C(c5ccccc5)CC4)cc3)c3cccc4c3oc3ccccc34)cc21. The van der Waals surface area contributed by atoms with Gasteiger partial charge in [0.25, 0.3) is 0 Å². The van der Waals surface area contributed by atoms with E-state index >= 15 is 0 Å². The molecule has 0 fully saturated rings. The molecule has 0 saturated heterocycles. The summed E-state index contributed by atoms with van der Waals surface area (Å²) in [5.74, 6) is 0.491. The van der Waals surface area contributed by atoms with E-state index in [0.29, 0.717) is 0 Å². The maximum Gasteiger partial charge on any atom is 0.159 e. The highest BCUT2D eigenvalue weighted by molar-refractivity contribution is 6.10. The van der Waals surface area contributed by atoms with Crippen LogP contribution in [0.4, 0.5) is 17.1 Å². The molecule has 2 atom stereocenters. The van der Waals surface area contributed by atoms with E-state index in [9.17, 15) is 0 Å². The van der Waals surface area contributed by atoms with Crippen LogP contribution in [-0.2, 0) is 5.41 Å². The molecule has 0 bridgehead atoms. The molecule has 0 spiro atoms. The highest BCUT2D eigenvalue weighted by Gasteiger charge is 2.36. The maximum absolute atomic E-state index is 6.70. The molecule has 7 aromatic carbocycles. The number of para-hydroxylation sites is 2. The van der Waals surface area contributed by atoms with Crippen LogP contribution >= 0.6 is 0 Å². The van der Waals surface area contributed by atoms with Gasteiger partial charge in [0.05, 0.1) is 5.69 Å². The van der Waals surface area contributed by atoms with Gasteiger partial charge >= 0.3 is 0 Å². The van der Waals surface area contributed by atoms with Gasteiger partial charge in [-0.2, -0.15) is 0 Å². The number of nitrogens with zero attached hydrogens (tertiary/aromatic N) is 1. The van der Waals surface area contributed by atoms with Gasteiger partial charge in [0, 0.05) is 39.4 Å². The Hall–Kier alpha value is -6.64. The van der Waals surface area contributed by atoms with Crippen molar-refractivity contribution < 1.29 is 4.42 Å². The minimum Gasteiger partial charge on any atom is -0.454 e. The molecular weight excluding hydrogens is 691 g/mol. The summed E-state index contributed by atoms with van der Waals surface area (Å²) >= 11 is 0. The second-order valence-corrected chi connectivity index (χ2v) is 16.4. The first kappa shape index (κ1) is 33.7. The number of allylic oxidation sites excluding steroid dienone is 5. The van der Waals surface area contributed by atoms with Gasteiger partial charge in [-0.15, -0.1) is 0 Å². The van der Waals surface area contributed by atoms with E-state index in [2.05, 4.69) is 201 Å². The van der Waals surface area contributed by atoms with E-state index in [4.69, 9.17) is 4.42 Å². The largest absolute Gasteiger partial charge is 0.454 e. The van der Waals surface area contributed by atoms with Crippen molar-refractivity contribution in [3.8, 4) is 11.1 Å². The molecule has 2 unspecified atom stereocenters. The zero-order valence-electron chi connectivity index (χ0n) is 32.3. The van der Waals surface area contributed by atoms with Crippen LogP contribution in [0.5, 0.6) is 0 Å². The van der Waals surface area contributed by atoms with E-state index in [0.717, 1.165) is 51.8 Å². The number of hydrogen-bond donors (Lipinski definition) is 0. The number of fused-ring (bicyclic) bond motifs is 7. The third-order valence-corrected chi connectivity index (χ3v) is 12.9. The first-order valence-electron chi connectivity index (χ1n) is 20.3. The molecule has 1 aromatic heterocycles. The Labute approximate surface area is 334 Å². The Balaban J connectivity index is 1.03. The van der Waals surface area contributed by atoms with E-state index in [1.165, 1.54) is 55.7 Å². The van der Waals surface area contributed by atoms with Gasteiger partial charge in [-0.25, -0.2) is 0 Å². The Kier molecular flexibility index (Phi) is 7.83. The highest BCUT2D eigenvalue weighted by Crippen LogP contribution is 2.52. The average Bonchev–Trinajstić information content (AvgIpc) is 3.76. The zero-order chi connectivity index (χ0) is 38.1. The molecule has 0 radical (unpaired) electrons. The molecule has 8 aromatic rings. The molecular formula is C55H43NO. The highest BCUT2D eigenvalue weighted by atomic mass is 16.3. The lowest BCUT2D eigenvalue weighted by molar-refractivity contribution is 0.660. The summed E-state index contributed by atoms with van der Waals surface area (Å²) in [5, 5.41) is 2.26. The summed E-state index contributed by atoms with van der Waals surface area (Å²) in [6.45, 7) is 4.71. The van der Waals surface area contributed by atoms with Crippen LogP contribution in [0.3, 0.4) is 0 Å². The van der Waals surface area contributed by atoms with Gasteiger partial charge in [-0.1, -0.05) is 171 Å². The van der Waals surface area contributed by atoms with Gasteiger partial charge in [-0.05, 0) is 99.3 Å². The number of rotatable bonds is 6. The number of anilines is 3. The lowest BCUT2D eigenvalue weighted by atomic mass is 9.70. The summed E-state index contributed by atoms with van der Waals surface area (Å²) in [5.41, 5.74) is 18.6. The number of benzene rings is 7. The molecule has 3 aliphatic carbocycles. The van der Waals surface area contributed by atoms with E-state index in [1.807, 2.05) is 6.07 Å². The fourth-order valence-corrected chi connectivity index (χ4v) is 10.0. The summed E-state index contributed by atoms with van der Waals surface area (Å²) in [7, 11) is 0. The third kappa shape index (κ3) is 5.46. The smallest absolute Gasteiger partial charge is 0.159 e. The molecule has 2 nitrogen and oxygen atoms in total. The summed E-state index contributed by atoms with van der Waals surface area (Å²) in [6.07, 6.45) is 11.6. The van der Waals surface area contributed by atoms with E-state index in [-0.39, 0.29) is 17.3 Å². The Morgan fingerprint density at radius 3 is 2.19 bits per heavy atom. The molecule has 0 saturated carbocycles. The van der Waals surface area contributed by atoms with Crippen molar-refractivity contribution in [3.63, 3.8) is 0 Å². The third-order valence-electron chi connectivity index (χ3n) is 12.9. The van der Waals surface area contributed by atoms with Crippen molar-refractivity contribution >= 4 is 50.6 Å². The van der Waals surface area contributed by atoms with Gasteiger partial charge in [0.15, 0.2) is 5.58 Å². The number of hydrogen-bond acceptors (Lipinski definition) is 2. The first-order chi connectivity index (χ1) is 28.0. The zero-order valence-corrected chi connectivity index (χ0v) is 32.3. The second kappa shape index (κ2) is 13.2. The van der Waals surface area contributed by atoms with Gasteiger partial charge in [-0.3, -0.25) is 0 Å². The molecule has 2 heteroatoms. The Morgan fingerprint density at radius 2 is 1.33 bits per heavy atom. The van der Waals surface area contributed by atoms with E-state index < -0.39 is 0 Å².